The van der Waals surface area contributed by atoms with E-state index in [9.17, 15) is 38.6 Å². The van der Waals surface area contributed by atoms with Crippen molar-refractivity contribution in [3.8, 4) is 0 Å². The average Bonchev–Trinajstić information content (AvgIpc) is 2.17. The highest BCUT2D eigenvalue weighted by molar-refractivity contribution is 9.11. The van der Waals surface area contributed by atoms with Gasteiger partial charge in [-0.2, -0.15) is 0 Å². The van der Waals surface area contributed by atoms with Crippen molar-refractivity contribution in [3.05, 3.63) is 44.2 Å². The minimum atomic E-state index is -5.24. The molecule has 0 spiro atoms. The molecule has 0 radical (unpaired) electrons. The van der Waals surface area contributed by atoms with E-state index in [0.29, 0.717) is 5.65 Å². The predicted octanol–water partition coefficient (Wildman–Crippen LogP) is 2.73. The maximum Gasteiger partial charge on any atom is 0.472 e. The molecule has 12 rings (SSSR count). The Hall–Kier alpha value is -4.59. The number of hydrogen-bond donors (Lipinski definition) is 9. The number of ether oxygens (including phenoxy) is 4. The van der Waals surface area contributed by atoms with Gasteiger partial charge in [-0.3, -0.25) is 45.4 Å². The highest BCUT2D eigenvalue weighted by Crippen LogP contribution is 2.55. The summed E-state index contributed by atoms with van der Waals surface area (Å²) in [7, 11) is -15.4. The number of aliphatic hydroxyl groups excluding tert-OH is 2. The van der Waals surface area contributed by atoms with Gasteiger partial charge in [0.15, 0.2) is 106 Å². The molecule has 4 saturated heterocycles. The van der Waals surface area contributed by atoms with Crippen LogP contribution in [0.4, 0.5) is 23.3 Å². The maximum atomic E-state index is 14.2. The number of phosphoric ester groups is 3. The van der Waals surface area contributed by atoms with Crippen LogP contribution in [0.3, 0.4) is 0 Å². The first kappa shape index (κ1) is 60.7. The van der Waals surface area contributed by atoms with Crippen molar-refractivity contribution >= 4 is 155 Å². The van der Waals surface area contributed by atoms with Gasteiger partial charge in [0, 0.05) is 25.7 Å². The fraction of sp³-hybridized carbons (Fsp3) is 0.500. The summed E-state index contributed by atoms with van der Waals surface area (Å²) in [6.07, 6.45) is -10.6. The SMILES string of the molecule is Nc1ncnc2c1nc(Br)n2C1CC(O)C(COP(=O)(O)OC2CC(COP(=O)(O)OC3CC(COP(=O)(O)OC4CC(CO)OC4n4c(Br)nc5c(N)ncnc54)OC3n3c(Br)nc4c(N)ncnc43)OC2n2c(Br)nc3c(N)ncnc32)O1. The number of imidazole rings is 4. The summed E-state index contributed by atoms with van der Waals surface area (Å²) in [6.45, 7) is -2.55. The minimum Gasteiger partial charge on any atom is -0.394 e. The lowest BCUT2D eigenvalue weighted by atomic mass is 10.2. The van der Waals surface area contributed by atoms with Crippen molar-refractivity contribution in [2.75, 3.05) is 49.4 Å². The third-order valence-corrected chi connectivity index (χ3v) is 19.1. The van der Waals surface area contributed by atoms with Crippen molar-refractivity contribution in [3.63, 3.8) is 0 Å². The average molecular weight is 1510 g/mol. The first-order valence-corrected chi connectivity index (χ1v) is 32.5. The lowest BCUT2D eigenvalue weighted by Gasteiger charge is -2.24. The van der Waals surface area contributed by atoms with Crippen LogP contribution < -0.4 is 22.9 Å². The Kier molecular flexibility index (Phi) is 16.9. The smallest absolute Gasteiger partial charge is 0.394 e. The zero-order chi connectivity index (χ0) is 60.0. The Morgan fingerprint density at radius 3 is 1.16 bits per heavy atom. The number of fused-ring (bicyclic) bond motifs is 4. The van der Waals surface area contributed by atoms with Crippen molar-refractivity contribution in [2.24, 2.45) is 0 Å². The molecule has 0 aliphatic carbocycles. The Morgan fingerprint density at radius 1 is 0.482 bits per heavy atom. The maximum absolute atomic E-state index is 14.2. The molecular weight excluding hydrogens is 1460 g/mol. The molecule has 38 nitrogen and oxygen atoms in total. The van der Waals surface area contributed by atoms with Crippen LogP contribution in [-0.4, -0.2) is 178 Å². The molecule has 8 aromatic heterocycles. The summed E-state index contributed by atoms with van der Waals surface area (Å²) in [6, 6.07) is 0. The van der Waals surface area contributed by atoms with Gasteiger partial charge in [-0.15, -0.1) is 0 Å². The van der Waals surface area contributed by atoms with E-state index in [0.717, 1.165) is 12.7 Å². The standard InChI is InChI=1S/C40H45Br4N20O18P3/c41-37-57-22-26(45)49-9-53-30(22)61(37)21-4-16(66)20(79-21)8-75-85(71,72)82-19-3-15(78-36(19)64-33-25(60-40(64)44)29(48)52-12-56-33)7-74-84(69,70)81-18-2-14(77-35(18)63-32-24(59-39(63)43)28(47)51-11-55-32)6-73-83(67,68)80-17-1-13(5-65)76-34(17)62-31-23(58-38(62)42)27(46)50-10-54-31/h9-21,34-36,65-66H,1-8H2,(H,67,68)(H,69,70)(H,71,72)(H2,45,49,53)(H2,46,50,54)(H2,47,51,55)(H2,48,52,56). The Bertz CT molecular complexity index is 4020. The van der Waals surface area contributed by atoms with Crippen LogP contribution in [0.1, 0.15) is 50.6 Å². The molecule has 13 N–H and O–H groups in total. The molecule has 45 heteroatoms. The molecule has 0 amide bonds. The van der Waals surface area contributed by atoms with Crippen molar-refractivity contribution in [1.29, 1.82) is 0 Å². The highest BCUT2D eigenvalue weighted by Gasteiger charge is 2.49. The van der Waals surface area contributed by atoms with Gasteiger partial charge in [0.05, 0.1) is 50.8 Å². The number of rotatable bonds is 20. The summed E-state index contributed by atoms with van der Waals surface area (Å²) >= 11 is 13.4. The van der Waals surface area contributed by atoms with Crippen molar-refractivity contribution < 1.29 is 84.7 Å². The second-order valence-electron chi connectivity index (χ2n) is 19.2. The largest absolute Gasteiger partial charge is 0.472 e. The number of nitrogens with two attached hydrogens (primary N) is 4. The van der Waals surface area contributed by atoms with E-state index < -0.39 is 124 Å². The number of anilines is 4. The quantitative estimate of drug-likeness (QED) is 0.0391. The predicted molar refractivity (Wildman–Crippen MR) is 299 cm³/mol. The number of phosphoric acid groups is 3. The summed E-state index contributed by atoms with van der Waals surface area (Å²) < 4.78 is 106. The molecule has 0 saturated carbocycles. The van der Waals surface area contributed by atoms with Gasteiger partial charge in [0.1, 0.15) is 56.0 Å². The zero-order valence-electron chi connectivity index (χ0n) is 42.8. The molecule has 85 heavy (non-hydrogen) atoms. The molecule has 12 heterocycles. The Labute approximate surface area is 508 Å². The molecule has 0 aromatic carbocycles. The monoisotopic (exact) mass is 1500 g/mol. The number of nitrogen functional groups attached to an aromatic ring is 4. The van der Waals surface area contributed by atoms with E-state index in [1.807, 2.05) is 0 Å². The number of aromatic nitrogens is 16. The molecule has 8 aromatic rings. The third kappa shape index (κ3) is 12.1. The highest BCUT2D eigenvalue weighted by atomic mass is 79.9. The van der Waals surface area contributed by atoms with Crippen LogP contribution in [0, 0.1) is 0 Å². The number of nitrogens with zero attached hydrogens (tertiary/aromatic N) is 16. The van der Waals surface area contributed by atoms with E-state index in [1.54, 1.807) is 0 Å². The second-order valence-corrected chi connectivity index (χ2v) is 26.3. The summed E-state index contributed by atoms with van der Waals surface area (Å²) in [4.78, 5) is 84.2. The number of aliphatic hydroxyl groups is 2. The Balaban J connectivity index is 0.741. The van der Waals surface area contributed by atoms with Crippen LogP contribution >= 0.6 is 87.2 Å². The van der Waals surface area contributed by atoms with E-state index in [-0.39, 0.29) is 107 Å². The van der Waals surface area contributed by atoms with Gasteiger partial charge in [-0.05, 0) is 63.7 Å². The van der Waals surface area contributed by atoms with Gasteiger partial charge in [-0.25, -0.2) is 73.5 Å². The van der Waals surface area contributed by atoms with Gasteiger partial charge < -0.3 is 66.8 Å². The molecule has 15 atom stereocenters. The second kappa shape index (κ2) is 23.7. The Morgan fingerprint density at radius 2 is 0.800 bits per heavy atom. The van der Waals surface area contributed by atoms with Crippen LogP contribution in [0.25, 0.3) is 44.7 Å². The van der Waals surface area contributed by atoms with Crippen LogP contribution in [-0.2, 0) is 59.8 Å². The van der Waals surface area contributed by atoms with Gasteiger partial charge in [0.25, 0.3) is 0 Å². The summed E-state index contributed by atoms with van der Waals surface area (Å²) in [5.41, 5.74) is 25.6. The number of halogens is 4. The van der Waals surface area contributed by atoms with Crippen LogP contribution in [0.15, 0.2) is 44.2 Å². The molecule has 4 fully saturated rings. The molecule has 15 unspecified atom stereocenters. The normalized spacial score (nSPS) is 28.5. The first-order chi connectivity index (χ1) is 40.4. The lowest BCUT2D eigenvalue weighted by molar-refractivity contribution is -0.0653. The third-order valence-electron chi connectivity index (χ3n) is 13.8. The van der Waals surface area contributed by atoms with E-state index in [1.165, 1.54) is 30.9 Å². The van der Waals surface area contributed by atoms with Gasteiger partial charge in [0.2, 0.25) is 0 Å². The van der Waals surface area contributed by atoms with Crippen molar-refractivity contribution in [2.45, 2.75) is 99.4 Å². The van der Waals surface area contributed by atoms with E-state index in [4.69, 9.17) is 69.0 Å². The lowest BCUT2D eigenvalue weighted by Crippen LogP contribution is -2.27. The fourth-order valence-corrected chi connectivity index (χ4v) is 15.2. The zero-order valence-corrected chi connectivity index (χ0v) is 51.8. The topological polar surface area (TPSA) is 523 Å². The molecule has 4 aliphatic rings. The molecule has 0 bridgehead atoms. The van der Waals surface area contributed by atoms with E-state index in [2.05, 4.69) is 124 Å². The minimum absolute atomic E-state index is 0.0115. The molecule has 4 aliphatic heterocycles. The van der Waals surface area contributed by atoms with Gasteiger partial charge >= 0.3 is 23.5 Å². The summed E-state index contributed by atoms with van der Waals surface area (Å²) in [5.74, 6) is 0.0955. The fourth-order valence-electron chi connectivity index (χ4n) is 10.1. The molecule has 456 valence electrons. The number of hydrogen-bond acceptors (Lipinski definition) is 31. The van der Waals surface area contributed by atoms with Crippen LogP contribution in [0.5, 0.6) is 0 Å². The summed E-state index contributed by atoms with van der Waals surface area (Å²) in [5, 5.41) is 21.1. The van der Waals surface area contributed by atoms with Crippen LogP contribution in [0.2, 0.25) is 0 Å². The molecular formula is C40H45Br4N20O18P3. The van der Waals surface area contributed by atoms with Gasteiger partial charge in [-0.1, -0.05) is 0 Å². The first-order valence-electron chi connectivity index (χ1n) is 24.9. The van der Waals surface area contributed by atoms with Crippen molar-refractivity contribution in [1.82, 2.24) is 78.1 Å². The van der Waals surface area contributed by atoms with E-state index >= 15 is 0 Å².